The predicted octanol–water partition coefficient (Wildman–Crippen LogP) is 4.38. The first kappa shape index (κ1) is 18.1. The van der Waals surface area contributed by atoms with Crippen LogP contribution in [0, 0.1) is 0 Å². The zero-order valence-electron chi connectivity index (χ0n) is 17.4. The van der Waals surface area contributed by atoms with Gasteiger partial charge in [0.2, 0.25) is 0 Å². The van der Waals surface area contributed by atoms with Crippen molar-refractivity contribution in [2.24, 2.45) is 4.99 Å². The van der Waals surface area contributed by atoms with E-state index in [1.54, 1.807) is 6.33 Å². The van der Waals surface area contributed by atoms with Crippen molar-refractivity contribution < 1.29 is 0 Å². The normalized spacial score (nSPS) is 20.7. The first-order chi connectivity index (χ1) is 15.2. The average molecular weight is 409 g/mol. The molecular formula is C25H24N6. The van der Waals surface area contributed by atoms with Gasteiger partial charge in [0, 0.05) is 29.1 Å². The van der Waals surface area contributed by atoms with E-state index in [2.05, 4.69) is 63.3 Å². The van der Waals surface area contributed by atoms with E-state index in [4.69, 9.17) is 10.7 Å². The number of nitrogen functional groups attached to an aromatic ring is 1. The lowest BCUT2D eigenvalue weighted by Gasteiger charge is -2.27. The number of nitrogens with zero attached hydrogens (tertiary/aromatic N) is 4. The van der Waals surface area contributed by atoms with E-state index in [1.165, 1.54) is 24.8 Å². The molecule has 0 radical (unpaired) electrons. The van der Waals surface area contributed by atoms with Gasteiger partial charge in [-0.3, -0.25) is 4.99 Å². The summed E-state index contributed by atoms with van der Waals surface area (Å²) in [5.41, 5.74) is 12.9. The lowest BCUT2D eigenvalue weighted by Crippen LogP contribution is -2.32. The fourth-order valence-corrected chi connectivity index (χ4v) is 4.66. The minimum Gasteiger partial charge on any atom is -0.383 e. The first-order valence-corrected chi connectivity index (χ1v) is 10.8. The van der Waals surface area contributed by atoms with Crippen molar-refractivity contribution in [2.45, 2.75) is 38.3 Å². The van der Waals surface area contributed by atoms with Gasteiger partial charge in [-0.2, -0.15) is 0 Å². The minimum absolute atomic E-state index is 0.0376. The van der Waals surface area contributed by atoms with Gasteiger partial charge in [0.25, 0.3) is 0 Å². The summed E-state index contributed by atoms with van der Waals surface area (Å²) in [4.78, 5) is 13.9. The standard InChI is InChI=1S/C25H24N6/c1-15-19-11-10-17(12-21(19)30-24(29-15)16-6-3-2-4-7-16)20-13-31(18-8-5-9-18)25-22(20)23(26)27-14-28-25/h2-4,6-7,10-14,18,21H,5,8-9H2,1H3,(H,29,30)(H2,26,27,28). The molecule has 1 aromatic carbocycles. The number of anilines is 1. The Kier molecular flexibility index (Phi) is 4.06. The van der Waals surface area contributed by atoms with Gasteiger partial charge in [-0.25, -0.2) is 9.97 Å². The molecule has 2 aliphatic carbocycles. The van der Waals surface area contributed by atoms with E-state index in [0.717, 1.165) is 39.3 Å². The van der Waals surface area contributed by atoms with Crippen molar-refractivity contribution in [3.63, 3.8) is 0 Å². The topological polar surface area (TPSA) is 81.1 Å². The van der Waals surface area contributed by atoms with Crippen molar-refractivity contribution in [1.82, 2.24) is 19.9 Å². The first-order valence-electron chi connectivity index (χ1n) is 10.8. The van der Waals surface area contributed by atoms with Crippen LogP contribution in [0.4, 0.5) is 5.82 Å². The Balaban J connectivity index is 1.46. The molecule has 1 aliphatic heterocycles. The number of amidine groups is 1. The highest BCUT2D eigenvalue weighted by atomic mass is 15.1. The maximum Gasteiger partial charge on any atom is 0.146 e. The van der Waals surface area contributed by atoms with Crippen LogP contribution in [-0.2, 0) is 0 Å². The largest absolute Gasteiger partial charge is 0.383 e. The molecule has 31 heavy (non-hydrogen) atoms. The molecule has 2 aromatic heterocycles. The van der Waals surface area contributed by atoms with Gasteiger partial charge in [0.1, 0.15) is 23.6 Å². The van der Waals surface area contributed by atoms with Crippen LogP contribution >= 0.6 is 0 Å². The van der Waals surface area contributed by atoms with Crippen LogP contribution in [0.25, 0.3) is 16.6 Å². The third-order valence-corrected chi connectivity index (χ3v) is 6.57. The second-order valence-corrected chi connectivity index (χ2v) is 8.44. The van der Waals surface area contributed by atoms with Gasteiger partial charge < -0.3 is 15.6 Å². The van der Waals surface area contributed by atoms with Crippen LogP contribution in [0.15, 0.2) is 77.3 Å². The monoisotopic (exact) mass is 408 g/mol. The Bertz CT molecular complexity index is 1300. The van der Waals surface area contributed by atoms with Crippen LogP contribution < -0.4 is 11.1 Å². The predicted molar refractivity (Wildman–Crippen MR) is 125 cm³/mol. The van der Waals surface area contributed by atoms with Crippen molar-refractivity contribution in [3.05, 3.63) is 83.5 Å². The summed E-state index contributed by atoms with van der Waals surface area (Å²) in [6.45, 7) is 2.11. The lowest BCUT2D eigenvalue weighted by atomic mass is 9.91. The summed E-state index contributed by atoms with van der Waals surface area (Å²) in [6.07, 6.45) is 14.0. The summed E-state index contributed by atoms with van der Waals surface area (Å²) < 4.78 is 2.29. The minimum atomic E-state index is -0.0376. The Morgan fingerprint density at radius 2 is 1.94 bits per heavy atom. The van der Waals surface area contributed by atoms with Gasteiger partial charge in [0.05, 0.1) is 11.4 Å². The molecule has 1 atom stereocenters. The lowest BCUT2D eigenvalue weighted by molar-refractivity contribution is 0.320. The molecule has 3 aromatic rings. The number of aromatic nitrogens is 3. The fourth-order valence-electron chi connectivity index (χ4n) is 4.66. The third kappa shape index (κ3) is 2.90. The van der Waals surface area contributed by atoms with Crippen molar-refractivity contribution in [3.8, 4) is 0 Å². The Labute approximate surface area is 180 Å². The molecule has 3 heterocycles. The van der Waals surface area contributed by atoms with E-state index in [1.807, 2.05) is 18.2 Å². The smallest absolute Gasteiger partial charge is 0.146 e. The van der Waals surface area contributed by atoms with Crippen LogP contribution in [0.2, 0.25) is 0 Å². The van der Waals surface area contributed by atoms with Crippen LogP contribution in [0.5, 0.6) is 0 Å². The molecule has 3 N–H and O–H groups in total. The highest BCUT2D eigenvalue weighted by Gasteiger charge is 2.27. The molecule has 0 amide bonds. The Morgan fingerprint density at radius 3 is 2.71 bits per heavy atom. The number of nitrogens with one attached hydrogen (secondary N) is 1. The number of allylic oxidation sites excluding steroid dienone is 3. The van der Waals surface area contributed by atoms with Crippen molar-refractivity contribution in [1.29, 1.82) is 0 Å². The quantitative estimate of drug-likeness (QED) is 0.674. The highest BCUT2D eigenvalue weighted by molar-refractivity contribution is 6.03. The molecule has 0 spiro atoms. The van der Waals surface area contributed by atoms with E-state index in [0.29, 0.717) is 11.9 Å². The van der Waals surface area contributed by atoms with Gasteiger partial charge in [-0.05, 0) is 43.4 Å². The summed E-state index contributed by atoms with van der Waals surface area (Å²) in [6, 6.07) is 10.7. The third-order valence-electron chi connectivity index (χ3n) is 6.57. The Hall–Kier alpha value is -3.67. The van der Waals surface area contributed by atoms with E-state index >= 15 is 0 Å². The van der Waals surface area contributed by atoms with E-state index in [9.17, 15) is 0 Å². The van der Waals surface area contributed by atoms with Crippen molar-refractivity contribution >= 4 is 28.3 Å². The summed E-state index contributed by atoms with van der Waals surface area (Å²) in [7, 11) is 0. The molecule has 1 fully saturated rings. The summed E-state index contributed by atoms with van der Waals surface area (Å²) in [5, 5.41) is 4.40. The number of rotatable bonds is 3. The zero-order valence-corrected chi connectivity index (χ0v) is 17.4. The SMILES string of the molecule is CC1=C2C=CC(c3cn(C4CCC4)c4ncnc(N)c34)=CC2N=C(c2ccccc2)N1. The fraction of sp³-hybridized carbons (Fsp3) is 0.240. The molecule has 0 saturated heterocycles. The highest BCUT2D eigenvalue weighted by Crippen LogP contribution is 2.40. The summed E-state index contributed by atoms with van der Waals surface area (Å²) >= 11 is 0. The number of hydrogen-bond acceptors (Lipinski definition) is 5. The molecule has 1 unspecified atom stereocenters. The van der Waals surface area contributed by atoms with Gasteiger partial charge >= 0.3 is 0 Å². The second-order valence-electron chi connectivity index (χ2n) is 8.44. The van der Waals surface area contributed by atoms with Gasteiger partial charge in [-0.15, -0.1) is 0 Å². The molecule has 6 nitrogen and oxygen atoms in total. The molecule has 154 valence electrons. The maximum absolute atomic E-state index is 6.33. The van der Waals surface area contributed by atoms with Crippen LogP contribution in [0.1, 0.15) is 43.4 Å². The van der Waals surface area contributed by atoms with Gasteiger partial charge in [0.15, 0.2) is 0 Å². The maximum atomic E-state index is 6.33. The molecule has 3 aliphatic rings. The Morgan fingerprint density at radius 1 is 1.10 bits per heavy atom. The number of nitrogens with two attached hydrogens (primary N) is 1. The van der Waals surface area contributed by atoms with Crippen LogP contribution in [-0.4, -0.2) is 26.4 Å². The molecule has 1 saturated carbocycles. The number of hydrogen-bond donors (Lipinski definition) is 2. The molecule has 6 heteroatoms. The molecule has 6 rings (SSSR count). The van der Waals surface area contributed by atoms with Gasteiger partial charge in [-0.1, -0.05) is 42.5 Å². The average Bonchev–Trinajstić information content (AvgIpc) is 3.13. The van der Waals surface area contributed by atoms with E-state index in [-0.39, 0.29) is 6.04 Å². The number of benzene rings is 1. The molecular weight excluding hydrogens is 384 g/mol. The van der Waals surface area contributed by atoms with Crippen LogP contribution in [0.3, 0.4) is 0 Å². The summed E-state index contributed by atoms with van der Waals surface area (Å²) in [5.74, 6) is 1.43. The van der Waals surface area contributed by atoms with Crippen molar-refractivity contribution in [2.75, 3.05) is 5.73 Å². The number of fused-ring (bicyclic) bond motifs is 2. The molecule has 0 bridgehead atoms. The second kappa shape index (κ2) is 6.94. The van der Waals surface area contributed by atoms with E-state index < -0.39 is 0 Å². The number of aliphatic imine (C=N–C) groups is 1. The zero-order chi connectivity index (χ0) is 20.9.